The molecule has 2 aromatic carbocycles. The predicted octanol–water partition coefficient (Wildman–Crippen LogP) is 6.62. The van der Waals surface area contributed by atoms with E-state index in [9.17, 15) is 27.9 Å². The summed E-state index contributed by atoms with van der Waals surface area (Å²) in [7, 11) is 0. The number of pyridine rings is 1. The molecule has 2 aromatic heterocycles. The molecule has 45 heavy (non-hydrogen) atoms. The van der Waals surface area contributed by atoms with Crippen LogP contribution in [0.1, 0.15) is 58.8 Å². The van der Waals surface area contributed by atoms with E-state index in [0.717, 1.165) is 12.8 Å². The van der Waals surface area contributed by atoms with Gasteiger partial charge in [-0.05, 0) is 61.4 Å². The van der Waals surface area contributed by atoms with Crippen LogP contribution in [0.5, 0.6) is 5.75 Å². The molecule has 3 heterocycles. The van der Waals surface area contributed by atoms with E-state index in [1.165, 1.54) is 24.3 Å². The lowest BCUT2D eigenvalue weighted by molar-refractivity contribution is -0.143. The number of likely N-dealkylation sites (tertiary alicyclic amines) is 1. The Morgan fingerprint density at radius 3 is 2.36 bits per heavy atom. The molecule has 0 atom stereocenters. The number of carbonyl (C=O) groups excluding carboxylic acids is 1. The number of ether oxygens (including phenoxy) is 1. The maximum Gasteiger partial charge on any atom is 0.434 e. The highest BCUT2D eigenvalue weighted by atomic mass is 19.4. The SMILES string of the molecule is O=C(O)c1cnn(-c2cccc(-c3ccccc3OCc3ccc(C4CCN(C(=O)C5CC5)CC4)c(F)c3F)n2)c1C(F)(F)F. The van der Waals surface area contributed by atoms with Gasteiger partial charge in [-0.25, -0.2) is 23.2 Å². The Morgan fingerprint density at radius 2 is 1.67 bits per heavy atom. The van der Waals surface area contributed by atoms with Crippen molar-refractivity contribution < 1.29 is 41.4 Å². The normalized spacial score (nSPS) is 15.7. The number of carbonyl (C=O) groups is 2. The average Bonchev–Trinajstić information content (AvgIpc) is 3.77. The molecule has 2 aliphatic rings. The number of carboxylic acid groups (broad SMARTS) is 1. The molecule has 0 bridgehead atoms. The van der Waals surface area contributed by atoms with Crippen LogP contribution < -0.4 is 4.74 Å². The van der Waals surface area contributed by atoms with Crippen LogP contribution in [-0.2, 0) is 17.6 Å². The van der Waals surface area contributed by atoms with Crippen LogP contribution in [0.25, 0.3) is 17.1 Å². The second-order valence-electron chi connectivity index (χ2n) is 11.1. The summed E-state index contributed by atoms with van der Waals surface area (Å²) in [5, 5.41) is 12.8. The van der Waals surface area contributed by atoms with E-state index in [1.54, 1.807) is 30.3 Å². The Balaban J connectivity index is 1.20. The second-order valence-corrected chi connectivity index (χ2v) is 11.1. The van der Waals surface area contributed by atoms with Gasteiger partial charge in [0.15, 0.2) is 23.1 Å². The molecule has 234 valence electrons. The summed E-state index contributed by atoms with van der Waals surface area (Å²) >= 11 is 0. The van der Waals surface area contributed by atoms with Crippen molar-refractivity contribution in [1.29, 1.82) is 0 Å². The fourth-order valence-electron chi connectivity index (χ4n) is 5.63. The number of benzene rings is 2. The number of hydrogen-bond acceptors (Lipinski definition) is 5. The highest BCUT2D eigenvalue weighted by Crippen LogP contribution is 2.37. The first-order chi connectivity index (χ1) is 21.5. The molecular weight excluding hydrogens is 599 g/mol. The Bertz CT molecular complexity index is 1760. The molecular formula is C32H27F5N4O4. The van der Waals surface area contributed by atoms with E-state index < -0.39 is 35.0 Å². The highest BCUT2D eigenvalue weighted by molar-refractivity contribution is 5.89. The van der Waals surface area contributed by atoms with Gasteiger partial charge >= 0.3 is 12.1 Å². The van der Waals surface area contributed by atoms with Crippen LogP contribution in [-0.4, -0.2) is 49.7 Å². The Kier molecular flexibility index (Phi) is 8.02. The third-order valence-corrected chi connectivity index (χ3v) is 8.13. The Labute approximate surface area is 254 Å². The summed E-state index contributed by atoms with van der Waals surface area (Å²) in [5.74, 6) is -3.79. The van der Waals surface area contributed by atoms with Crippen LogP contribution in [0.2, 0.25) is 0 Å². The number of para-hydroxylation sites is 1. The van der Waals surface area contributed by atoms with Crippen LogP contribution >= 0.6 is 0 Å². The zero-order valence-electron chi connectivity index (χ0n) is 23.7. The molecule has 1 aliphatic carbocycles. The van der Waals surface area contributed by atoms with Gasteiger partial charge in [-0.15, -0.1) is 0 Å². The molecule has 4 aromatic rings. The molecule has 0 spiro atoms. The molecule has 1 saturated carbocycles. The van der Waals surface area contributed by atoms with E-state index in [2.05, 4.69) is 10.1 Å². The maximum absolute atomic E-state index is 15.2. The smallest absolute Gasteiger partial charge is 0.434 e. The number of alkyl halides is 3. The minimum atomic E-state index is -5.02. The van der Waals surface area contributed by atoms with Gasteiger partial charge in [0.1, 0.15) is 17.9 Å². The lowest BCUT2D eigenvalue weighted by Gasteiger charge is -2.32. The number of aromatic carboxylic acids is 1. The van der Waals surface area contributed by atoms with E-state index in [4.69, 9.17) is 4.74 Å². The Morgan fingerprint density at radius 1 is 0.933 bits per heavy atom. The lowest BCUT2D eigenvalue weighted by atomic mass is 9.88. The number of carboxylic acids is 1. The summed E-state index contributed by atoms with van der Waals surface area (Å²) in [4.78, 5) is 29.8. The van der Waals surface area contributed by atoms with Gasteiger partial charge in [-0.2, -0.15) is 18.3 Å². The monoisotopic (exact) mass is 626 g/mol. The number of amides is 1. The third kappa shape index (κ3) is 6.11. The number of aromatic nitrogens is 3. The Hall–Kier alpha value is -4.81. The van der Waals surface area contributed by atoms with Gasteiger partial charge in [0.2, 0.25) is 5.91 Å². The highest BCUT2D eigenvalue weighted by Gasteiger charge is 2.41. The van der Waals surface area contributed by atoms with Gasteiger partial charge in [0, 0.05) is 30.1 Å². The van der Waals surface area contributed by atoms with Gasteiger partial charge in [0.25, 0.3) is 0 Å². The number of piperidine rings is 1. The largest absolute Gasteiger partial charge is 0.488 e. The molecule has 13 heteroatoms. The molecule has 0 radical (unpaired) electrons. The van der Waals surface area contributed by atoms with E-state index in [1.807, 2.05) is 4.90 Å². The fraction of sp³-hybridized carbons (Fsp3) is 0.312. The molecule has 1 amide bonds. The number of rotatable bonds is 8. The van der Waals surface area contributed by atoms with Gasteiger partial charge in [0.05, 0.1) is 11.9 Å². The van der Waals surface area contributed by atoms with Crippen molar-refractivity contribution >= 4 is 11.9 Å². The van der Waals surface area contributed by atoms with Crippen LogP contribution in [0, 0.1) is 17.6 Å². The summed E-state index contributed by atoms with van der Waals surface area (Å²) in [6.07, 6.45) is -1.49. The number of hydrogen-bond donors (Lipinski definition) is 1. The third-order valence-electron chi connectivity index (χ3n) is 8.13. The standard InChI is InChI=1S/C32H27F5N4O4/c33-27-20(10-11-21(28(27)34)18-12-14-40(15-13-18)30(42)19-8-9-19)17-45-25-6-2-1-4-22(25)24-5-3-7-26(39-24)41-29(32(35,36)37)23(16-38-41)31(43)44/h1-7,10-11,16,18-19H,8-9,12-15,17H2,(H,43,44). The van der Waals surface area contributed by atoms with Gasteiger partial charge in [-0.1, -0.05) is 30.3 Å². The maximum atomic E-state index is 15.2. The molecule has 6 rings (SSSR count). The molecule has 0 unspecified atom stereocenters. The van der Waals surface area contributed by atoms with Crippen LogP contribution in [0.3, 0.4) is 0 Å². The van der Waals surface area contributed by atoms with Crippen molar-refractivity contribution in [2.75, 3.05) is 13.1 Å². The fourth-order valence-corrected chi connectivity index (χ4v) is 5.63. The van der Waals surface area contributed by atoms with E-state index >= 15 is 8.78 Å². The van der Waals surface area contributed by atoms with Crippen LogP contribution in [0.15, 0.2) is 60.8 Å². The van der Waals surface area contributed by atoms with Crippen molar-refractivity contribution in [3.63, 3.8) is 0 Å². The van der Waals surface area contributed by atoms with E-state index in [0.29, 0.717) is 42.4 Å². The second kappa shape index (κ2) is 11.9. The molecule has 2 fully saturated rings. The summed E-state index contributed by atoms with van der Waals surface area (Å²) in [6, 6.07) is 13.6. The van der Waals surface area contributed by atoms with Crippen molar-refractivity contribution in [2.45, 2.75) is 44.4 Å². The summed E-state index contributed by atoms with van der Waals surface area (Å²) < 4.78 is 78.0. The van der Waals surface area contributed by atoms with Gasteiger partial charge in [-0.3, -0.25) is 4.79 Å². The van der Waals surface area contributed by atoms with Crippen molar-refractivity contribution in [2.24, 2.45) is 5.92 Å². The average molecular weight is 627 g/mol. The first-order valence-electron chi connectivity index (χ1n) is 14.4. The van der Waals surface area contributed by atoms with Crippen LogP contribution in [0.4, 0.5) is 22.0 Å². The first-order valence-corrected chi connectivity index (χ1v) is 14.4. The minimum Gasteiger partial charge on any atom is -0.488 e. The molecule has 8 nitrogen and oxygen atoms in total. The van der Waals surface area contributed by atoms with Crippen molar-refractivity contribution in [3.8, 4) is 22.8 Å². The topological polar surface area (TPSA) is 97.5 Å². The quantitative estimate of drug-likeness (QED) is 0.221. The number of nitrogens with zero attached hydrogens (tertiary/aromatic N) is 4. The minimum absolute atomic E-state index is 0.0262. The van der Waals surface area contributed by atoms with Gasteiger partial charge < -0.3 is 14.7 Å². The van der Waals surface area contributed by atoms with Crippen molar-refractivity contribution in [3.05, 3.63) is 94.8 Å². The number of halogens is 5. The molecule has 1 aliphatic heterocycles. The van der Waals surface area contributed by atoms with E-state index in [-0.39, 0.29) is 52.7 Å². The zero-order chi connectivity index (χ0) is 31.9. The molecule has 1 N–H and O–H groups in total. The predicted molar refractivity (Wildman–Crippen MR) is 151 cm³/mol. The molecule has 1 saturated heterocycles. The summed E-state index contributed by atoms with van der Waals surface area (Å²) in [5.41, 5.74) is -1.74. The summed E-state index contributed by atoms with van der Waals surface area (Å²) in [6.45, 7) is 0.681. The lowest BCUT2D eigenvalue weighted by Crippen LogP contribution is -2.38. The van der Waals surface area contributed by atoms with Crippen molar-refractivity contribution in [1.82, 2.24) is 19.7 Å². The zero-order valence-corrected chi connectivity index (χ0v) is 23.7. The first kappa shape index (κ1) is 30.2.